The first-order valence-electron chi connectivity index (χ1n) is 3.60. The summed E-state index contributed by atoms with van der Waals surface area (Å²) in [6.45, 7) is 4.32. The largest absolute Gasteiger partial charge is 0.302 e. The molecule has 0 amide bonds. The van der Waals surface area contributed by atoms with Gasteiger partial charge in [-0.1, -0.05) is 12.2 Å². The number of nitrogens with zero attached hydrogens (tertiary/aromatic N) is 1. The maximum atomic E-state index is 2.32. The van der Waals surface area contributed by atoms with Crippen molar-refractivity contribution in [1.29, 1.82) is 0 Å². The topological polar surface area (TPSA) is 3.24 Å². The molecule has 0 saturated heterocycles. The van der Waals surface area contributed by atoms with Crippen LogP contribution in [-0.2, 0) is 0 Å². The number of rotatable bonds is 5. The van der Waals surface area contributed by atoms with Crippen LogP contribution in [0.3, 0.4) is 0 Å². The SMILES string of the molecule is C/C=C/CN(C)CCSC. The molecular weight excluding hydrogens is 142 g/mol. The number of likely N-dealkylation sites (N-methyl/N-ethyl adjacent to an activating group) is 1. The summed E-state index contributed by atoms with van der Waals surface area (Å²) in [6.07, 6.45) is 6.42. The van der Waals surface area contributed by atoms with Crippen molar-refractivity contribution in [3.8, 4) is 0 Å². The highest BCUT2D eigenvalue weighted by Crippen LogP contribution is 1.92. The van der Waals surface area contributed by atoms with Gasteiger partial charge in [0.05, 0.1) is 0 Å². The Bertz CT molecular complexity index is 91.3. The maximum Gasteiger partial charge on any atom is 0.0160 e. The van der Waals surface area contributed by atoms with Crippen molar-refractivity contribution in [2.45, 2.75) is 6.92 Å². The summed E-state index contributed by atoms with van der Waals surface area (Å²) in [7, 11) is 2.15. The van der Waals surface area contributed by atoms with Gasteiger partial charge in [-0.15, -0.1) is 0 Å². The summed E-state index contributed by atoms with van der Waals surface area (Å²) in [5, 5.41) is 0. The quantitative estimate of drug-likeness (QED) is 0.563. The smallest absolute Gasteiger partial charge is 0.0160 e. The molecule has 0 fully saturated rings. The van der Waals surface area contributed by atoms with Gasteiger partial charge in [0.2, 0.25) is 0 Å². The minimum absolute atomic E-state index is 1.08. The van der Waals surface area contributed by atoms with Crippen LogP contribution in [0.4, 0.5) is 0 Å². The van der Waals surface area contributed by atoms with E-state index in [2.05, 4.69) is 37.3 Å². The summed E-state index contributed by atoms with van der Waals surface area (Å²) in [5.74, 6) is 1.23. The molecule has 2 heteroatoms. The van der Waals surface area contributed by atoms with Gasteiger partial charge in [-0.05, 0) is 20.2 Å². The van der Waals surface area contributed by atoms with Gasteiger partial charge in [0, 0.05) is 18.8 Å². The number of thioether (sulfide) groups is 1. The lowest BCUT2D eigenvalue weighted by atomic mass is 10.5. The first-order valence-corrected chi connectivity index (χ1v) is 4.99. The summed E-state index contributed by atoms with van der Waals surface area (Å²) in [4.78, 5) is 2.32. The molecule has 1 nitrogen and oxygen atoms in total. The summed E-state index contributed by atoms with van der Waals surface area (Å²) in [5.41, 5.74) is 0. The van der Waals surface area contributed by atoms with Crippen LogP contribution in [0.5, 0.6) is 0 Å². The van der Waals surface area contributed by atoms with E-state index in [-0.39, 0.29) is 0 Å². The van der Waals surface area contributed by atoms with Crippen molar-refractivity contribution in [2.24, 2.45) is 0 Å². The van der Waals surface area contributed by atoms with Crippen molar-refractivity contribution in [1.82, 2.24) is 4.90 Å². The van der Waals surface area contributed by atoms with E-state index in [4.69, 9.17) is 0 Å². The van der Waals surface area contributed by atoms with Crippen LogP contribution in [0.1, 0.15) is 6.92 Å². The number of hydrogen-bond donors (Lipinski definition) is 0. The molecule has 0 aliphatic rings. The Morgan fingerprint density at radius 3 is 2.70 bits per heavy atom. The Morgan fingerprint density at radius 1 is 1.50 bits per heavy atom. The van der Waals surface area contributed by atoms with Crippen LogP contribution in [0, 0.1) is 0 Å². The zero-order valence-corrected chi connectivity index (χ0v) is 7.95. The molecule has 0 N–H and O–H groups in total. The summed E-state index contributed by atoms with van der Waals surface area (Å²) < 4.78 is 0. The van der Waals surface area contributed by atoms with Gasteiger partial charge >= 0.3 is 0 Å². The van der Waals surface area contributed by atoms with E-state index in [1.807, 2.05) is 11.8 Å². The molecular formula is C8H17NS. The Morgan fingerprint density at radius 2 is 2.20 bits per heavy atom. The van der Waals surface area contributed by atoms with Crippen LogP contribution >= 0.6 is 11.8 Å². The fraction of sp³-hybridized carbons (Fsp3) is 0.750. The Balaban J connectivity index is 3.16. The van der Waals surface area contributed by atoms with Gasteiger partial charge in [-0.3, -0.25) is 0 Å². The third-order valence-corrected chi connectivity index (χ3v) is 1.92. The normalized spacial score (nSPS) is 11.6. The van der Waals surface area contributed by atoms with E-state index in [1.165, 1.54) is 12.3 Å². The minimum atomic E-state index is 1.08. The van der Waals surface area contributed by atoms with E-state index in [1.54, 1.807) is 0 Å². The molecule has 0 radical (unpaired) electrons. The molecule has 0 spiro atoms. The van der Waals surface area contributed by atoms with Crippen molar-refractivity contribution >= 4 is 11.8 Å². The Labute approximate surface area is 68.5 Å². The summed E-state index contributed by atoms with van der Waals surface area (Å²) in [6, 6.07) is 0. The third kappa shape index (κ3) is 6.17. The van der Waals surface area contributed by atoms with Crippen molar-refractivity contribution in [3.05, 3.63) is 12.2 Å². The second-order valence-electron chi connectivity index (χ2n) is 2.32. The first-order chi connectivity index (χ1) is 4.81. The monoisotopic (exact) mass is 159 g/mol. The molecule has 0 saturated carbocycles. The van der Waals surface area contributed by atoms with E-state index in [0.29, 0.717) is 0 Å². The van der Waals surface area contributed by atoms with Crippen molar-refractivity contribution in [2.75, 3.05) is 32.1 Å². The Kier molecular flexibility index (Phi) is 7.20. The van der Waals surface area contributed by atoms with Crippen molar-refractivity contribution < 1.29 is 0 Å². The molecule has 60 valence electrons. The first kappa shape index (κ1) is 10.0. The molecule has 10 heavy (non-hydrogen) atoms. The van der Waals surface area contributed by atoms with Crippen LogP contribution in [0.2, 0.25) is 0 Å². The molecule has 0 aromatic rings. The van der Waals surface area contributed by atoms with E-state index in [9.17, 15) is 0 Å². The van der Waals surface area contributed by atoms with Crippen molar-refractivity contribution in [3.63, 3.8) is 0 Å². The van der Waals surface area contributed by atoms with Gasteiger partial charge < -0.3 is 4.90 Å². The summed E-state index contributed by atoms with van der Waals surface area (Å²) >= 11 is 1.90. The highest BCUT2D eigenvalue weighted by atomic mass is 32.2. The fourth-order valence-corrected chi connectivity index (χ4v) is 1.12. The molecule has 0 aliphatic heterocycles. The molecule has 0 aliphatic carbocycles. The van der Waals surface area contributed by atoms with E-state index in [0.717, 1.165) is 6.54 Å². The van der Waals surface area contributed by atoms with Gasteiger partial charge in [0.25, 0.3) is 0 Å². The second kappa shape index (κ2) is 7.16. The Hall–Kier alpha value is 0.0500. The predicted octanol–water partition coefficient (Wildman–Crippen LogP) is 1.86. The zero-order chi connectivity index (χ0) is 7.82. The number of allylic oxidation sites excluding steroid dienone is 1. The highest BCUT2D eigenvalue weighted by molar-refractivity contribution is 7.98. The minimum Gasteiger partial charge on any atom is -0.302 e. The van der Waals surface area contributed by atoms with Gasteiger partial charge in [-0.25, -0.2) is 0 Å². The number of hydrogen-bond acceptors (Lipinski definition) is 2. The zero-order valence-electron chi connectivity index (χ0n) is 7.13. The lowest BCUT2D eigenvalue weighted by molar-refractivity contribution is 0.395. The fourth-order valence-electron chi connectivity index (χ4n) is 0.624. The molecule has 0 atom stereocenters. The van der Waals surface area contributed by atoms with E-state index < -0.39 is 0 Å². The van der Waals surface area contributed by atoms with Crippen LogP contribution in [0.15, 0.2) is 12.2 Å². The average Bonchev–Trinajstić information content (AvgIpc) is 1.97. The lowest BCUT2D eigenvalue weighted by Crippen LogP contribution is -2.20. The molecule has 0 aromatic carbocycles. The maximum absolute atomic E-state index is 2.32. The standard InChI is InChI=1S/C8H17NS/c1-4-5-6-9(2)7-8-10-3/h4-5H,6-8H2,1-3H3/b5-4+. The van der Waals surface area contributed by atoms with Crippen LogP contribution in [-0.4, -0.2) is 37.0 Å². The van der Waals surface area contributed by atoms with Gasteiger partial charge in [0.1, 0.15) is 0 Å². The molecule has 0 unspecified atom stereocenters. The molecule has 0 aromatic heterocycles. The molecule has 0 heterocycles. The molecule has 0 rings (SSSR count). The van der Waals surface area contributed by atoms with Gasteiger partial charge in [0.15, 0.2) is 0 Å². The van der Waals surface area contributed by atoms with Gasteiger partial charge in [-0.2, -0.15) is 11.8 Å². The third-order valence-electron chi connectivity index (χ3n) is 1.33. The van der Waals surface area contributed by atoms with Crippen LogP contribution < -0.4 is 0 Å². The lowest BCUT2D eigenvalue weighted by Gasteiger charge is -2.12. The predicted molar refractivity (Wildman–Crippen MR) is 50.7 cm³/mol. The van der Waals surface area contributed by atoms with E-state index >= 15 is 0 Å². The second-order valence-corrected chi connectivity index (χ2v) is 3.31. The van der Waals surface area contributed by atoms with Crippen LogP contribution in [0.25, 0.3) is 0 Å². The average molecular weight is 159 g/mol. The molecule has 0 bridgehead atoms. The highest BCUT2D eigenvalue weighted by Gasteiger charge is 1.91.